The number of nitrogens with one attached hydrogen (secondary N) is 3. The molecule has 3 aromatic carbocycles. The summed E-state index contributed by atoms with van der Waals surface area (Å²) in [4.78, 5) is 74.0. The predicted octanol–water partition coefficient (Wildman–Crippen LogP) is 15.8. The first-order valence-electron chi connectivity index (χ1n) is 39.1. The summed E-state index contributed by atoms with van der Waals surface area (Å²) >= 11 is 0. The highest BCUT2D eigenvalue weighted by molar-refractivity contribution is 5.94. The number of pyridine rings is 3. The number of rotatable bonds is 26. The second-order valence-corrected chi connectivity index (χ2v) is 30.1. The highest BCUT2D eigenvalue weighted by atomic mass is 16.3. The molecule has 6 heterocycles. The van der Waals surface area contributed by atoms with E-state index in [-0.39, 0.29) is 59.2 Å². The van der Waals surface area contributed by atoms with Gasteiger partial charge in [0.2, 0.25) is 0 Å². The number of aliphatic hydroxyl groups is 5. The van der Waals surface area contributed by atoms with Crippen molar-refractivity contribution < 1.29 is 35.1 Å². The number of benzene rings is 3. The molecule has 0 aliphatic rings. The van der Waals surface area contributed by atoms with Crippen LogP contribution in [0.2, 0.25) is 0 Å². The minimum absolute atomic E-state index is 0.111. The number of urea groups is 1. The summed E-state index contributed by atoms with van der Waals surface area (Å²) in [6.07, 6.45) is 14.5. The van der Waals surface area contributed by atoms with Crippen molar-refractivity contribution in [3.63, 3.8) is 0 Å². The summed E-state index contributed by atoms with van der Waals surface area (Å²) in [7, 11) is 0. The Balaban J connectivity index is 0.000000282. The zero-order chi connectivity index (χ0) is 82.4. The molecule has 8 N–H and O–H groups in total. The van der Waals surface area contributed by atoms with E-state index in [1.807, 2.05) is 133 Å². The molecular formula is C87H129N13O10. The molecule has 0 fully saturated rings. The van der Waals surface area contributed by atoms with Gasteiger partial charge in [0.05, 0.1) is 66.4 Å². The van der Waals surface area contributed by atoms with Crippen LogP contribution in [0.3, 0.4) is 0 Å². The first-order valence-corrected chi connectivity index (χ1v) is 39.1. The molecule has 110 heavy (non-hydrogen) atoms. The number of aryl methyl sites for hydroxylation is 1. The van der Waals surface area contributed by atoms with Gasteiger partial charge in [-0.1, -0.05) is 172 Å². The summed E-state index contributed by atoms with van der Waals surface area (Å²) in [6.45, 7) is 45.7. The summed E-state index contributed by atoms with van der Waals surface area (Å²) in [5.41, 5.74) is 10.0. The summed E-state index contributed by atoms with van der Waals surface area (Å²) < 4.78 is 9.03. The number of imidazole rings is 2. The summed E-state index contributed by atoms with van der Waals surface area (Å²) in [5, 5.41) is 60.8. The fraction of sp³-hybridized carbons (Fsp3) is 0.506. The number of carbonyl (C=O) groups excluding carboxylic acids is 2. The molecule has 0 saturated carbocycles. The molecule has 0 radical (unpaired) electrons. The van der Waals surface area contributed by atoms with Gasteiger partial charge in [-0.25, -0.2) is 38.4 Å². The molecule has 10 atom stereocenters. The van der Waals surface area contributed by atoms with E-state index in [0.29, 0.717) is 84.8 Å². The molecule has 6 aromatic heterocycles. The van der Waals surface area contributed by atoms with Crippen molar-refractivity contribution in [1.29, 1.82) is 0 Å². The van der Waals surface area contributed by atoms with E-state index in [1.54, 1.807) is 85.5 Å². The molecule has 23 nitrogen and oxygen atoms in total. The fourth-order valence-corrected chi connectivity index (χ4v) is 11.9. The van der Waals surface area contributed by atoms with Crippen molar-refractivity contribution in [1.82, 2.24) is 58.2 Å². The van der Waals surface area contributed by atoms with E-state index in [1.165, 1.54) is 42.4 Å². The molecule has 0 saturated heterocycles. The summed E-state index contributed by atoms with van der Waals surface area (Å²) in [6, 6.07) is 33.8. The monoisotopic (exact) mass is 1520 g/mol. The van der Waals surface area contributed by atoms with Gasteiger partial charge in [0.1, 0.15) is 18.0 Å². The van der Waals surface area contributed by atoms with Crippen molar-refractivity contribution in [3.8, 4) is 17.3 Å². The number of anilines is 1. The van der Waals surface area contributed by atoms with E-state index in [2.05, 4.69) is 143 Å². The van der Waals surface area contributed by atoms with Gasteiger partial charge in [0.25, 0.3) is 5.91 Å². The third-order valence-corrected chi connectivity index (χ3v) is 19.4. The Morgan fingerprint density at radius 1 is 0.382 bits per heavy atom. The van der Waals surface area contributed by atoms with Crippen molar-refractivity contribution in [2.45, 2.75) is 288 Å². The van der Waals surface area contributed by atoms with Crippen LogP contribution in [0.4, 0.5) is 10.5 Å². The SMILES string of the molecule is CC[C@@H]([C@@H](C)O)n1ccn(-c2ccc(C(C)C)cc2)c1=O.CC[C@@H]([C@@H](C)O)n1ccn(-c2ccc(C(C)C)cn2)c1=O.CC[C@@H]([C@@H](C)O)n1ncn(-c2ccc(C(C)C)cn2)c1=O.CC[C@H](NC(=O)Nc1ccc(C(C)C)cc1)[C@H](C)O.CC[C@H](NC(=O)c1ccc(C(C)C)cc1)[C@H](C)O.Cc1ccc(C(C)C)cn1. The third kappa shape index (κ3) is 27.9. The fourth-order valence-electron chi connectivity index (χ4n) is 11.9. The van der Waals surface area contributed by atoms with Crippen LogP contribution in [0.5, 0.6) is 0 Å². The maximum atomic E-state index is 12.5. The van der Waals surface area contributed by atoms with E-state index in [0.717, 1.165) is 28.2 Å². The minimum atomic E-state index is -0.632. The highest BCUT2D eigenvalue weighted by Crippen LogP contribution is 2.23. The standard InChI is InChI=1S/C17H24N2O2.C16H23N3O2.C15H22N4O2.C15H24N2O2.C15H23NO2.C9H13N/c1-5-16(13(4)20)19-11-10-18(17(19)21)15-8-6-14(7-9-15)12(2)3;1-5-14(12(4)20)18-8-9-19(16(18)21)15-7-6-13(10-17-15)11(2)3;1-5-13(11(4)20)19-15(21)18(9-17-19)14-7-6-12(8-16-14)10(2)3;1-5-14(11(4)18)17-15(19)16-13-8-6-12(7-9-13)10(2)3;1-5-14(11(4)17)16-15(18)13-8-6-12(7-9-13)10(2)3;1-7(2)9-5-4-8(3)10-6-9/h6-13,16,20H,5H2,1-4H3;6-12,14,20H,5H2,1-4H3;6-11,13,20H,5H2,1-4H3;6-11,14,18H,5H2,1-4H3,(H2,16,17,19);6-11,14,17H,5H2,1-4H3,(H,16,18);4-7H,1-3H3/t13-,16+;12-,14+;11-,13+;2*11-,14-;/m11100./s1. The summed E-state index contributed by atoms with van der Waals surface area (Å²) in [5.74, 6) is 3.81. The number of carbonyl (C=O) groups is 2. The number of amides is 3. The molecule has 3 amide bonds. The molecule has 0 spiro atoms. The zero-order valence-corrected chi connectivity index (χ0v) is 69.5. The molecule has 0 bridgehead atoms. The van der Waals surface area contributed by atoms with Gasteiger partial charge in [-0.3, -0.25) is 28.0 Å². The molecule has 0 aliphatic carbocycles. The van der Waals surface area contributed by atoms with Gasteiger partial charge in [-0.05, 0) is 197 Å². The topological polar surface area (TPSA) is 304 Å². The molecule has 23 heteroatoms. The number of hydrogen-bond acceptors (Lipinski definition) is 14. The second-order valence-electron chi connectivity index (χ2n) is 30.1. The van der Waals surface area contributed by atoms with Crippen LogP contribution >= 0.6 is 0 Å². The predicted molar refractivity (Wildman–Crippen MR) is 444 cm³/mol. The van der Waals surface area contributed by atoms with Crippen LogP contribution in [-0.2, 0) is 0 Å². The largest absolute Gasteiger partial charge is 0.391 e. The van der Waals surface area contributed by atoms with E-state index in [4.69, 9.17) is 0 Å². The molecule has 0 aliphatic heterocycles. The van der Waals surface area contributed by atoms with Gasteiger partial charge >= 0.3 is 23.1 Å². The Morgan fingerprint density at radius 2 is 0.745 bits per heavy atom. The Hall–Kier alpha value is -9.39. The lowest BCUT2D eigenvalue weighted by molar-refractivity contribution is 0.0854. The van der Waals surface area contributed by atoms with Gasteiger partial charge < -0.3 is 41.5 Å². The Morgan fingerprint density at radius 3 is 1.11 bits per heavy atom. The van der Waals surface area contributed by atoms with Crippen LogP contribution in [0, 0.1) is 6.92 Å². The Bertz CT molecular complexity index is 4020. The maximum Gasteiger partial charge on any atom is 0.351 e. The van der Waals surface area contributed by atoms with Crippen molar-refractivity contribution in [2.24, 2.45) is 0 Å². The number of hydrogen-bond donors (Lipinski definition) is 8. The number of aliphatic hydroxyl groups excluding tert-OH is 5. The van der Waals surface area contributed by atoms with Crippen LogP contribution in [0.25, 0.3) is 17.3 Å². The lowest BCUT2D eigenvalue weighted by atomic mass is 10.0. The van der Waals surface area contributed by atoms with Crippen LogP contribution in [-0.4, -0.2) is 128 Å². The van der Waals surface area contributed by atoms with Crippen LogP contribution in [0.15, 0.2) is 173 Å². The Labute approximate surface area is 653 Å². The van der Waals surface area contributed by atoms with E-state index >= 15 is 0 Å². The average molecular weight is 1520 g/mol. The van der Waals surface area contributed by atoms with Gasteiger partial charge in [-0.2, -0.15) is 5.10 Å². The van der Waals surface area contributed by atoms with E-state index in [9.17, 15) is 49.5 Å². The maximum absolute atomic E-state index is 12.5. The molecule has 9 rings (SSSR count). The van der Waals surface area contributed by atoms with Gasteiger partial charge in [-0.15, -0.1) is 0 Å². The number of nitrogens with zero attached hydrogens (tertiary/aromatic N) is 10. The normalized spacial score (nSPS) is 13.9. The van der Waals surface area contributed by atoms with Crippen LogP contribution < -0.4 is 33.0 Å². The number of aromatic nitrogens is 10. The molecule has 9 aromatic rings. The third-order valence-electron chi connectivity index (χ3n) is 19.4. The molecule has 602 valence electrons. The quantitative estimate of drug-likeness (QED) is 0.0250. The zero-order valence-electron chi connectivity index (χ0n) is 69.5. The van der Waals surface area contributed by atoms with Crippen molar-refractivity contribution >= 4 is 17.6 Å². The smallest absolute Gasteiger partial charge is 0.351 e. The van der Waals surface area contributed by atoms with Crippen molar-refractivity contribution in [2.75, 3.05) is 5.32 Å². The highest BCUT2D eigenvalue weighted by Gasteiger charge is 2.24. The lowest BCUT2D eigenvalue weighted by Gasteiger charge is -2.20. The second kappa shape index (κ2) is 45.7. The molecular weight excluding hydrogens is 1390 g/mol. The lowest BCUT2D eigenvalue weighted by Crippen LogP contribution is -2.43. The Kier molecular flexibility index (Phi) is 38.6. The van der Waals surface area contributed by atoms with E-state index < -0.39 is 30.5 Å². The van der Waals surface area contributed by atoms with Crippen molar-refractivity contribution in [3.05, 3.63) is 235 Å². The van der Waals surface area contributed by atoms with Gasteiger partial charge in [0.15, 0.2) is 0 Å². The first kappa shape index (κ1) is 93.0. The van der Waals surface area contributed by atoms with Gasteiger partial charge in [0, 0.05) is 60.3 Å². The van der Waals surface area contributed by atoms with Crippen LogP contribution in [0.1, 0.15) is 287 Å². The molecule has 0 unspecified atom stereocenters. The average Bonchev–Trinajstić information content (AvgIpc) is 1.68. The minimum Gasteiger partial charge on any atom is -0.391 e. The first-order chi connectivity index (χ1) is 51.9.